The molecule has 2 atom stereocenters. The van der Waals surface area contributed by atoms with Crippen LogP contribution in [-0.4, -0.2) is 38.7 Å². The van der Waals surface area contributed by atoms with Crippen LogP contribution in [0.1, 0.15) is 39.5 Å². The molecule has 2 unspecified atom stereocenters. The first kappa shape index (κ1) is 14.8. The average molecular weight is 277 g/mol. The number of carbonyl (C=O) groups excluding carboxylic acids is 2. The summed E-state index contributed by atoms with van der Waals surface area (Å²) in [6, 6.07) is 0.104. The molecule has 1 saturated heterocycles. The summed E-state index contributed by atoms with van der Waals surface area (Å²) in [5, 5.41) is 0. The topological polar surface area (TPSA) is 55.2 Å². The number of likely N-dealkylation sites (tertiary alicyclic amines) is 1. The van der Waals surface area contributed by atoms with E-state index in [1.165, 1.54) is 0 Å². The summed E-state index contributed by atoms with van der Waals surface area (Å²) in [5.41, 5.74) is 0. The second kappa shape index (κ2) is 6.68. The highest BCUT2D eigenvalue weighted by Gasteiger charge is 2.44. The van der Waals surface area contributed by atoms with Crippen molar-refractivity contribution in [2.24, 2.45) is 5.92 Å². The summed E-state index contributed by atoms with van der Waals surface area (Å²) in [6.45, 7) is 5.58. The van der Waals surface area contributed by atoms with Crippen molar-refractivity contribution >= 4 is 11.7 Å². The van der Waals surface area contributed by atoms with Crippen LogP contribution < -0.4 is 0 Å². The van der Waals surface area contributed by atoms with Crippen molar-refractivity contribution in [2.45, 2.75) is 52.1 Å². The van der Waals surface area contributed by atoms with Crippen LogP contribution in [0.25, 0.3) is 0 Å². The molecule has 1 aliphatic heterocycles. The minimum Gasteiger partial charge on any atom is -0.337 e. The maximum atomic E-state index is 12.1. The molecule has 1 fully saturated rings. The Balaban J connectivity index is 1.96. The number of amides is 1. The number of aromatic nitrogens is 2. The molecule has 1 aromatic heterocycles. The monoisotopic (exact) mass is 277 g/mol. The van der Waals surface area contributed by atoms with Gasteiger partial charge in [-0.25, -0.2) is 4.98 Å². The van der Waals surface area contributed by atoms with Crippen molar-refractivity contribution in [2.75, 3.05) is 6.54 Å². The predicted molar refractivity (Wildman–Crippen MR) is 76.0 cm³/mol. The molecule has 0 aromatic carbocycles. The summed E-state index contributed by atoms with van der Waals surface area (Å²) in [6.07, 6.45) is 8.96. The summed E-state index contributed by atoms with van der Waals surface area (Å²) in [7, 11) is 0. The minimum absolute atomic E-state index is 0.101. The Hall–Kier alpha value is -1.65. The fraction of sp³-hybridized carbons (Fsp3) is 0.667. The highest BCUT2D eigenvalue weighted by atomic mass is 16.2. The number of carbonyl (C=O) groups is 2. The van der Waals surface area contributed by atoms with Gasteiger partial charge in [0, 0.05) is 37.4 Å². The number of hydrogen-bond donors (Lipinski definition) is 0. The quantitative estimate of drug-likeness (QED) is 0.715. The van der Waals surface area contributed by atoms with Crippen molar-refractivity contribution in [3.05, 3.63) is 18.7 Å². The first-order chi connectivity index (χ1) is 9.69. The molecular formula is C15H23N3O2. The Bertz CT molecular complexity index is 456. The van der Waals surface area contributed by atoms with Gasteiger partial charge >= 0.3 is 0 Å². The van der Waals surface area contributed by atoms with Crippen LogP contribution >= 0.6 is 0 Å². The zero-order chi connectivity index (χ0) is 14.5. The number of imidazole rings is 1. The second-order valence-electron chi connectivity index (χ2n) is 5.39. The van der Waals surface area contributed by atoms with Crippen LogP contribution in [0.5, 0.6) is 0 Å². The third-order valence-electron chi connectivity index (χ3n) is 4.07. The first-order valence-electron chi connectivity index (χ1n) is 7.49. The third-order valence-corrected chi connectivity index (χ3v) is 4.07. The molecule has 0 saturated carbocycles. The van der Waals surface area contributed by atoms with Crippen LogP contribution in [-0.2, 0) is 16.1 Å². The van der Waals surface area contributed by atoms with E-state index in [-0.39, 0.29) is 23.7 Å². The van der Waals surface area contributed by atoms with Gasteiger partial charge in [0.25, 0.3) is 5.91 Å². The molecule has 0 spiro atoms. The number of rotatable bonds is 7. The largest absolute Gasteiger partial charge is 0.337 e. The van der Waals surface area contributed by atoms with E-state index >= 15 is 0 Å². The zero-order valence-corrected chi connectivity index (χ0v) is 12.3. The van der Waals surface area contributed by atoms with Gasteiger partial charge in [0.2, 0.25) is 5.78 Å². The molecule has 110 valence electrons. The molecule has 0 N–H and O–H groups in total. The number of aryl methyl sites for hydroxylation is 1. The van der Waals surface area contributed by atoms with Crippen LogP contribution in [0.2, 0.25) is 0 Å². The van der Waals surface area contributed by atoms with Gasteiger partial charge in [0.15, 0.2) is 0 Å². The molecule has 1 aromatic rings. The molecule has 0 radical (unpaired) electrons. The van der Waals surface area contributed by atoms with Gasteiger partial charge in [0.1, 0.15) is 0 Å². The van der Waals surface area contributed by atoms with Crippen LogP contribution in [0.3, 0.4) is 0 Å². The Morgan fingerprint density at radius 3 is 2.65 bits per heavy atom. The second-order valence-corrected chi connectivity index (χ2v) is 5.39. The van der Waals surface area contributed by atoms with Crippen LogP contribution in [0, 0.1) is 5.92 Å². The minimum atomic E-state index is -0.277. The maximum absolute atomic E-state index is 12.1. The van der Waals surface area contributed by atoms with Crippen molar-refractivity contribution < 1.29 is 9.59 Å². The van der Waals surface area contributed by atoms with Crippen LogP contribution in [0.15, 0.2) is 18.7 Å². The molecule has 20 heavy (non-hydrogen) atoms. The normalized spacial score (nSPS) is 22.8. The lowest BCUT2D eigenvalue weighted by Crippen LogP contribution is -2.36. The number of hydrogen-bond acceptors (Lipinski definition) is 3. The van der Waals surface area contributed by atoms with Gasteiger partial charge in [-0.2, -0.15) is 0 Å². The standard InChI is InChI=1S/C15H23N3O2/c1-3-6-13-12(4-2)14(19)15(20)18(13)9-5-8-17-10-7-16-11-17/h7,10-13H,3-6,8-9H2,1-2H3. The smallest absolute Gasteiger partial charge is 0.290 e. The number of nitrogens with zero attached hydrogens (tertiary/aromatic N) is 3. The Morgan fingerprint density at radius 2 is 2.05 bits per heavy atom. The summed E-state index contributed by atoms with van der Waals surface area (Å²) < 4.78 is 1.99. The summed E-state index contributed by atoms with van der Waals surface area (Å²) in [5.74, 6) is -0.565. The first-order valence-corrected chi connectivity index (χ1v) is 7.49. The lowest BCUT2D eigenvalue weighted by atomic mass is 9.93. The van der Waals surface area contributed by atoms with E-state index in [1.807, 2.05) is 17.7 Å². The van der Waals surface area contributed by atoms with E-state index in [1.54, 1.807) is 17.4 Å². The predicted octanol–water partition coefficient (Wildman–Crippen LogP) is 1.88. The van der Waals surface area contributed by atoms with Gasteiger partial charge in [-0.1, -0.05) is 20.3 Å². The number of ketones is 1. The van der Waals surface area contributed by atoms with Crippen LogP contribution in [0.4, 0.5) is 0 Å². The van der Waals surface area contributed by atoms with Gasteiger partial charge in [0.05, 0.1) is 6.33 Å². The number of Topliss-reactive ketones (excluding diaryl/α,β-unsaturated/α-hetero) is 1. The molecule has 5 heteroatoms. The summed E-state index contributed by atoms with van der Waals surface area (Å²) in [4.78, 5) is 29.9. The van der Waals surface area contributed by atoms with E-state index in [9.17, 15) is 9.59 Å². The SMILES string of the molecule is CCCC1C(CC)C(=O)C(=O)N1CCCn1ccnc1. The maximum Gasteiger partial charge on any atom is 0.290 e. The highest BCUT2D eigenvalue weighted by molar-refractivity contribution is 6.39. The molecule has 0 aliphatic carbocycles. The summed E-state index contributed by atoms with van der Waals surface area (Å²) >= 11 is 0. The molecule has 0 bridgehead atoms. The molecular weight excluding hydrogens is 254 g/mol. The third kappa shape index (κ3) is 2.92. The lowest BCUT2D eigenvalue weighted by molar-refractivity contribution is -0.141. The van der Waals surface area contributed by atoms with Crippen molar-refractivity contribution in [1.29, 1.82) is 0 Å². The fourth-order valence-corrected chi connectivity index (χ4v) is 3.06. The van der Waals surface area contributed by atoms with Gasteiger partial charge in [-0.3, -0.25) is 9.59 Å². The highest BCUT2D eigenvalue weighted by Crippen LogP contribution is 2.28. The average Bonchev–Trinajstić information content (AvgIpc) is 3.02. The van der Waals surface area contributed by atoms with Gasteiger partial charge in [-0.15, -0.1) is 0 Å². The fourth-order valence-electron chi connectivity index (χ4n) is 3.06. The molecule has 1 aliphatic rings. The Morgan fingerprint density at radius 1 is 1.25 bits per heavy atom. The molecule has 1 amide bonds. The van der Waals surface area contributed by atoms with E-state index in [2.05, 4.69) is 11.9 Å². The Labute approximate surface area is 120 Å². The van der Waals surface area contributed by atoms with Crippen molar-refractivity contribution in [3.8, 4) is 0 Å². The molecule has 2 heterocycles. The van der Waals surface area contributed by atoms with Crippen molar-refractivity contribution in [1.82, 2.24) is 14.5 Å². The van der Waals surface area contributed by atoms with Crippen molar-refractivity contribution in [3.63, 3.8) is 0 Å². The van der Waals surface area contributed by atoms with Gasteiger partial charge in [-0.05, 0) is 19.3 Å². The Kier molecular flexibility index (Phi) is 4.93. The van der Waals surface area contributed by atoms with E-state index in [0.717, 1.165) is 32.2 Å². The van der Waals surface area contributed by atoms with E-state index in [4.69, 9.17) is 0 Å². The lowest BCUT2D eigenvalue weighted by Gasteiger charge is -2.26. The van der Waals surface area contributed by atoms with E-state index < -0.39 is 0 Å². The van der Waals surface area contributed by atoms with E-state index in [0.29, 0.717) is 6.54 Å². The molecule has 2 rings (SSSR count). The van der Waals surface area contributed by atoms with Gasteiger partial charge < -0.3 is 9.47 Å². The zero-order valence-electron chi connectivity index (χ0n) is 12.3. The molecule has 5 nitrogen and oxygen atoms in total.